The number of nitrogens with zero attached hydrogens (tertiary/aromatic N) is 1. The monoisotopic (exact) mass is 315 g/mol. The van der Waals surface area contributed by atoms with E-state index in [-0.39, 0.29) is 18.0 Å². The van der Waals surface area contributed by atoms with Gasteiger partial charge in [-0.05, 0) is 24.3 Å². The van der Waals surface area contributed by atoms with E-state index < -0.39 is 30.5 Å². The average molecular weight is 315 g/mol. The topological polar surface area (TPSA) is 40.5 Å². The van der Waals surface area contributed by atoms with E-state index in [1.807, 2.05) is 0 Å². The van der Waals surface area contributed by atoms with Crippen molar-refractivity contribution in [3.05, 3.63) is 35.9 Å². The van der Waals surface area contributed by atoms with E-state index in [9.17, 15) is 23.1 Å². The highest BCUT2D eigenvalue weighted by Crippen LogP contribution is 2.38. The lowest BCUT2D eigenvalue weighted by molar-refractivity contribution is -0.160. The number of rotatable bonds is 6. The summed E-state index contributed by atoms with van der Waals surface area (Å²) < 4.78 is 39.6. The lowest BCUT2D eigenvalue weighted by Gasteiger charge is -2.25. The highest BCUT2D eigenvalue weighted by Gasteiger charge is 2.42. The van der Waals surface area contributed by atoms with Gasteiger partial charge < -0.3 is 10.0 Å². The fraction of sp³-hybridized carbons (Fsp3) is 0.562. The predicted octanol–water partition coefficient (Wildman–Crippen LogP) is 2.95. The Morgan fingerprint density at radius 3 is 2.41 bits per heavy atom. The summed E-state index contributed by atoms with van der Waals surface area (Å²) in [7, 11) is 1.44. The first-order valence-electron chi connectivity index (χ1n) is 7.32. The molecule has 1 aromatic rings. The Hall–Kier alpha value is -1.56. The molecule has 3 nitrogen and oxygen atoms in total. The van der Waals surface area contributed by atoms with Crippen molar-refractivity contribution < 1.29 is 23.1 Å². The molecule has 1 aromatic carbocycles. The standard InChI is InChI=1S/C16H20F3NO2/c1-20(10-14(21)12-7-8-12)15(22)9-13(16(17,18)19)11-5-3-2-4-6-11/h2-6,12-14,21H,7-10H2,1H3. The van der Waals surface area contributed by atoms with Crippen LogP contribution in [0.5, 0.6) is 0 Å². The summed E-state index contributed by atoms with van der Waals surface area (Å²) in [6.07, 6.45) is -3.93. The molecule has 1 fully saturated rings. The molecule has 0 radical (unpaired) electrons. The molecule has 0 bridgehead atoms. The molecule has 0 spiro atoms. The van der Waals surface area contributed by atoms with Crippen molar-refractivity contribution in [2.45, 2.75) is 37.5 Å². The van der Waals surface area contributed by atoms with Crippen LogP contribution in [0.3, 0.4) is 0 Å². The number of aliphatic hydroxyl groups excluding tert-OH is 1. The molecule has 0 aliphatic heterocycles. The van der Waals surface area contributed by atoms with Gasteiger partial charge in [0.05, 0.1) is 12.0 Å². The van der Waals surface area contributed by atoms with Crippen molar-refractivity contribution in [2.24, 2.45) is 5.92 Å². The Labute approximate surface area is 127 Å². The van der Waals surface area contributed by atoms with Crippen LogP contribution in [-0.2, 0) is 4.79 Å². The van der Waals surface area contributed by atoms with Gasteiger partial charge in [0.2, 0.25) is 5.91 Å². The molecule has 6 heteroatoms. The SMILES string of the molecule is CN(CC(O)C1CC1)C(=O)CC(c1ccccc1)C(F)(F)F. The van der Waals surface area contributed by atoms with E-state index in [4.69, 9.17) is 0 Å². The van der Waals surface area contributed by atoms with Crippen molar-refractivity contribution in [1.29, 1.82) is 0 Å². The highest BCUT2D eigenvalue weighted by atomic mass is 19.4. The molecule has 2 unspecified atom stereocenters. The Morgan fingerprint density at radius 2 is 1.91 bits per heavy atom. The zero-order valence-electron chi connectivity index (χ0n) is 12.4. The van der Waals surface area contributed by atoms with E-state index in [0.29, 0.717) is 0 Å². The maximum Gasteiger partial charge on any atom is 0.396 e. The first-order chi connectivity index (χ1) is 10.3. The molecular weight excluding hydrogens is 295 g/mol. The summed E-state index contributed by atoms with van der Waals surface area (Å²) in [5.41, 5.74) is 0.0829. The lowest BCUT2D eigenvalue weighted by Crippen LogP contribution is -2.37. The van der Waals surface area contributed by atoms with Crippen molar-refractivity contribution in [3.63, 3.8) is 0 Å². The fourth-order valence-electron chi connectivity index (χ4n) is 2.45. The maximum absolute atomic E-state index is 13.2. The van der Waals surface area contributed by atoms with Crippen LogP contribution in [-0.4, -0.2) is 41.8 Å². The maximum atomic E-state index is 13.2. The van der Waals surface area contributed by atoms with Crippen molar-refractivity contribution in [3.8, 4) is 0 Å². The van der Waals surface area contributed by atoms with Gasteiger partial charge in [0, 0.05) is 20.0 Å². The molecular formula is C16H20F3NO2. The van der Waals surface area contributed by atoms with E-state index in [2.05, 4.69) is 0 Å². The summed E-state index contributed by atoms with van der Waals surface area (Å²) in [6, 6.07) is 7.45. The Bertz CT molecular complexity index is 500. The van der Waals surface area contributed by atoms with Gasteiger partial charge in [-0.15, -0.1) is 0 Å². The molecule has 0 aromatic heterocycles. The van der Waals surface area contributed by atoms with Gasteiger partial charge in [-0.1, -0.05) is 30.3 Å². The largest absolute Gasteiger partial charge is 0.396 e. The van der Waals surface area contributed by atoms with Crippen molar-refractivity contribution in [2.75, 3.05) is 13.6 Å². The molecule has 0 heterocycles. The molecule has 0 saturated heterocycles. The van der Waals surface area contributed by atoms with E-state index in [0.717, 1.165) is 12.8 Å². The Morgan fingerprint density at radius 1 is 1.32 bits per heavy atom. The number of amides is 1. The smallest absolute Gasteiger partial charge is 0.391 e. The number of hydrogen-bond donors (Lipinski definition) is 1. The molecule has 2 rings (SSSR count). The second kappa shape index (κ2) is 6.69. The Kier molecular flexibility index (Phi) is 5.11. The summed E-state index contributed by atoms with van der Waals surface area (Å²) >= 11 is 0. The average Bonchev–Trinajstić information content (AvgIpc) is 3.28. The minimum atomic E-state index is -4.48. The van der Waals surface area contributed by atoms with Crippen molar-refractivity contribution in [1.82, 2.24) is 4.90 Å². The lowest BCUT2D eigenvalue weighted by atomic mass is 9.94. The third kappa shape index (κ3) is 4.47. The van der Waals surface area contributed by atoms with Crippen LogP contribution < -0.4 is 0 Å². The van der Waals surface area contributed by atoms with E-state index in [1.54, 1.807) is 6.07 Å². The molecule has 122 valence electrons. The second-order valence-electron chi connectivity index (χ2n) is 5.89. The summed E-state index contributed by atoms with van der Waals surface area (Å²) in [5, 5.41) is 9.80. The first-order valence-corrected chi connectivity index (χ1v) is 7.32. The number of alkyl halides is 3. The van der Waals surface area contributed by atoms with Gasteiger partial charge in [0.1, 0.15) is 0 Å². The van der Waals surface area contributed by atoms with Crippen LogP contribution in [0.25, 0.3) is 0 Å². The van der Waals surface area contributed by atoms with Crippen LogP contribution in [0, 0.1) is 5.92 Å². The summed E-state index contributed by atoms with van der Waals surface area (Å²) in [5.74, 6) is -2.24. The third-order valence-corrected chi connectivity index (χ3v) is 4.03. The third-order valence-electron chi connectivity index (χ3n) is 4.03. The predicted molar refractivity (Wildman–Crippen MR) is 76.2 cm³/mol. The molecule has 22 heavy (non-hydrogen) atoms. The molecule has 1 aliphatic carbocycles. The normalized spacial score (nSPS) is 17.9. The van der Waals surface area contributed by atoms with Crippen LogP contribution in [0.1, 0.15) is 30.7 Å². The Balaban J connectivity index is 2.01. The van der Waals surface area contributed by atoms with Crippen LogP contribution in [0.2, 0.25) is 0 Å². The number of carbonyl (C=O) groups excluding carboxylic acids is 1. The van der Waals surface area contributed by atoms with E-state index in [1.165, 1.54) is 36.2 Å². The van der Waals surface area contributed by atoms with Gasteiger partial charge in [-0.25, -0.2) is 0 Å². The van der Waals surface area contributed by atoms with Gasteiger partial charge in [-0.2, -0.15) is 13.2 Å². The summed E-state index contributed by atoms with van der Waals surface area (Å²) in [6.45, 7) is 0.0862. The quantitative estimate of drug-likeness (QED) is 0.877. The number of likely N-dealkylation sites (N-methyl/N-ethyl adjacent to an activating group) is 1. The van der Waals surface area contributed by atoms with Gasteiger partial charge in [-0.3, -0.25) is 4.79 Å². The van der Waals surface area contributed by atoms with Gasteiger partial charge in [0.15, 0.2) is 0 Å². The highest BCUT2D eigenvalue weighted by molar-refractivity contribution is 5.77. The molecule has 1 amide bonds. The number of halogens is 3. The fourth-order valence-corrected chi connectivity index (χ4v) is 2.45. The zero-order valence-corrected chi connectivity index (χ0v) is 12.4. The second-order valence-corrected chi connectivity index (χ2v) is 5.89. The minimum Gasteiger partial charge on any atom is -0.391 e. The number of carbonyl (C=O) groups is 1. The zero-order chi connectivity index (χ0) is 16.3. The first kappa shape index (κ1) is 16.8. The van der Waals surface area contributed by atoms with E-state index >= 15 is 0 Å². The minimum absolute atomic E-state index is 0.0829. The number of hydrogen-bond acceptors (Lipinski definition) is 2. The van der Waals surface area contributed by atoms with Crippen LogP contribution >= 0.6 is 0 Å². The van der Waals surface area contributed by atoms with Gasteiger partial charge >= 0.3 is 6.18 Å². The van der Waals surface area contributed by atoms with Crippen LogP contribution in [0.15, 0.2) is 30.3 Å². The van der Waals surface area contributed by atoms with Crippen molar-refractivity contribution >= 4 is 5.91 Å². The summed E-state index contributed by atoms with van der Waals surface area (Å²) in [4.78, 5) is 13.3. The van der Waals surface area contributed by atoms with Crippen LogP contribution in [0.4, 0.5) is 13.2 Å². The number of aliphatic hydroxyl groups is 1. The molecule has 1 aliphatic rings. The number of benzene rings is 1. The molecule has 2 atom stereocenters. The molecule has 1 saturated carbocycles. The van der Waals surface area contributed by atoms with Gasteiger partial charge in [0.25, 0.3) is 0 Å². The molecule has 1 N–H and O–H groups in total.